The lowest BCUT2D eigenvalue weighted by molar-refractivity contribution is -0.278. The molecule has 0 amide bonds. The van der Waals surface area contributed by atoms with Gasteiger partial charge in [0, 0.05) is 19.1 Å². The van der Waals surface area contributed by atoms with Crippen LogP contribution in [0.15, 0.2) is 54.6 Å². The van der Waals surface area contributed by atoms with Crippen molar-refractivity contribution < 1.29 is 46.4 Å². The molecule has 5 atom stereocenters. The van der Waals surface area contributed by atoms with Gasteiger partial charge in [-0.05, 0) is 32.9 Å². The van der Waals surface area contributed by atoms with Gasteiger partial charge in [-0.3, -0.25) is 0 Å². The van der Waals surface area contributed by atoms with Gasteiger partial charge >= 0.3 is 18.1 Å². The van der Waals surface area contributed by atoms with Gasteiger partial charge in [0.2, 0.25) is 6.10 Å². The highest BCUT2D eigenvalue weighted by Crippen LogP contribution is 2.43. The summed E-state index contributed by atoms with van der Waals surface area (Å²) in [6, 6.07) is 12.9. The van der Waals surface area contributed by atoms with Crippen molar-refractivity contribution in [3.8, 4) is 11.5 Å². The van der Waals surface area contributed by atoms with Crippen LogP contribution in [0.1, 0.15) is 32.8 Å². The van der Waals surface area contributed by atoms with E-state index in [4.69, 9.17) is 23.7 Å². The Hall–Kier alpha value is -3.27. The van der Waals surface area contributed by atoms with E-state index in [1.807, 2.05) is 0 Å². The lowest BCUT2D eigenvalue weighted by Gasteiger charge is -2.34. The normalized spacial score (nSPS) is 23.4. The third kappa shape index (κ3) is 5.53. The first kappa shape index (κ1) is 26.3. The molecule has 0 saturated carbocycles. The van der Waals surface area contributed by atoms with Crippen LogP contribution in [-0.4, -0.2) is 49.6 Å². The Labute approximate surface area is 201 Å². The first-order valence-corrected chi connectivity index (χ1v) is 11.0. The fraction of sp³-hybridized carbons (Fsp3) is 0.440. The van der Waals surface area contributed by atoms with Crippen molar-refractivity contribution in [3.63, 3.8) is 0 Å². The van der Waals surface area contributed by atoms with Crippen molar-refractivity contribution in [2.45, 2.75) is 63.4 Å². The molecule has 0 aliphatic carbocycles. The molecule has 0 saturated heterocycles. The summed E-state index contributed by atoms with van der Waals surface area (Å²) in [6.07, 6.45) is -8.76. The maximum atomic E-state index is 14.2. The second kappa shape index (κ2) is 10.6. The molecule has 1 aliphatic heterocycles. The molecular formula is C25H27F3O7. The number of hydrogen-bond donors (Lipinski definition) is 0. The summed E-state index contributed by atoms with van der Waals surface area (Å²) in [6.45, 7) is 4.69. The molecule has 0 fully saturated rings. The number of fused-ring (bicyclic) bond motifs is 1. The van der Waals surface area contributed by atoms with Gasteiger partial charge in [0.05, 0.1) is 6.10 Å². The maximum Gasteiger partial charge on any atom is 0.432 e. The Morgan fingerprint density at radius 2 is 1.49 bits per heavy atom. The zero-order valence-electron chi connectivity index (χ0n) is 19.7. The maximum absolute atomic E-state index is 14.2. The Morgan fingerprint density at radius 1 is 0.943 bits per heavy atom. The van der Waals surface area contributed by atoms with Crippen LogP contribution in [0.25, 0.3) is 0 Å². The van der Waals surface area contributed by atoms with Gasteiger partial charge in [-0.15, -0.1) is 0 Å². The highest BCUT2D eigenvalue weighted by Gasteiger charge is 2.64. The van der Waals surface area contributed by atoms with Crippen LogP contribution in [0, 0.1) is 0 Å². The SMILES string of the molecule is CO[C@](C(=O)O[C@@H](C)C1Oc2ccccc2O[C@@H](C)C[C@@H](C)OC1=O)(c1ccccc1)C(F)(F)F. The Bertz CT molecular complexity index is 1030. The number of carbonyl (C=O) groups is 2. The number of cyclic esters (lactones) is 1. The molecule has 35 heavy (non-hydrogen) atoms. The molecule has 1 unspecified atom stereocenters. The van der Waals surface area contributed by atoms with Crippen molar-refractivity contribution >= 4 is 11.9 Å². The van der Waals surface area contributed by atoms with Gasteiger partial charge in [0.25, 0.3) is 5.60 Å². The molecule has 0 aromatic heterocycles. The van der Waals surface area contributed by atoms with E-state index >= 15 is 0 Å². The van der Waals surface area contributed by atoms with Gasteiger partial charge in [0.1, 0.15) is 12.2 Å². The molecule has 190 valence electrons. The van der Waals surface area contributed by atoms with E-state index in [0.717, 1.165) is 19.2 Å². The first-order chi connectivity index (χ1) is 16.5. The van der Waals surface area contributed by atoms with E-state index in [1.165, 1.54) is 31.2 Å². The monoisotopic (exact) mass is 496 g/mol. The molecule has 0 bridgehead atoms. The number of carbonyl (C=O) groups excluding carboxylic acids is 2. The Balaban J connectivity index is 1.95. The molecule has 2 aromatic rings. The smallest absolute Gasteiger partial charge is 0.432 e. The lowest BCUT2D eigenvalue weighted by atomic mass is 9.92. The van der Waals surface area contributed by atoms with Crippen molar-refractivity contribution in [1.29, 1.82) is 0 Å². The van der Waals surface area contributed by atoms with Crippen LogP contribution in [0.2, 0.25) is 0 Å². The number of esters is 2. The largest absolute Gasteiger partial charge is 0.487 e. The zero-order valence-corrected chi connectivity index (χ0v) is 19.7. The van der Waals surface area contributed by atoms with Crippen LogP contribution in [0.5, 0.6) is 11.5 Å². The third-order valence-corrected chi connectivity index (χ3v) is 5.54. The molecule has 0 radical (unpaired) electrons. The summed E-state index contributed by atoms with van der Waals surface area (Å²) in [5.74, 6) is -2.16. The number of ether oxygens (including phenoxy) is 5. The molecule has 0 spiro atoms. The van der Waals surface area contributed by atoms with Gasteiger partial charge in [0.15, 0.2) is 11.5 Å². The van der Waals surface area contributed by atoms with Crippen LogP contribution < -0.4 is 9.47 Å². The predicted molar refractivity (Wildman–Crippen MR) is 118 cm³/mol. The lowest BCUT2D eigenvalue weighted by Crippen LogP contribution is -2.54. The minimum atomic E-state index is -5.16. The zero-order chi connectivity index (χ0) is 25.8. The number of rotatable bonds is 5. The van der Waals surface area contributed by atoms with Crippen LogP contribution in [0.4, 0.5) is 13.2 Å². The minimum absolute atomic E-state index is 0.149. The summed E-state index contributed by atoms with van der Waals surface area (Å²) >= 11 is 0. The molecule has 2 aromatic carbocycles. The van der Waals surface area contributed by atoms with Gasteiger partial charge in [-0.1, -0.05) is 42.5 Å². The molecule has 10 heteroatoms. The van der Waals surface area contributed by atoms with E-state index in [-0.39, 0.29) is 11.9 Å². The Morgan fingerprint density at radius 3 is 2.06 bits per heavy atom. The predicted octanol–water partition coefficient (Wildman–Crippen LogP) is 4.57. The van der Waals surface area contributed by atoms with Crippen molar-refractivity contribution in [2.75, 3.05) is 7.11 Å². The van der Waals surface area contributed by atoms with Crippen LogP contribution in [-0.2, 0) is 29.4 Å². The standard InChI is InChI=1S/C25H27F3O7/c1-15-14-16(2)33-22(29)21(35-20-13-9-8-12-19(20)32-15)17(3)34-23(30)24(31-4,25(26,27)28)18-10-6-5-7-11-18/h5-13,15-17,21H,14H2,1-4H3/t15-,16+,17-,21?,24-/m0/s1. The summed E-state index contributed by atoms with van der Waals surface area (Å²) < 4.78 is 69.7. The van der Waals surface area contributed by atoms with Crippen LogP contribution >= 0.6 is 0 Å². The van der Waals surface area contributed by atoms with Crippen molar-refractivity contribution in [2.24, 2.45) is 0 Å². The second-order valence-corrected chi connectivity index (χ2v) is 8.26. The summed E-state index contributed by atoms with van der Waals surface area (Å²) in [5.41, 5.74) is -3.88. The molecule has 0 N–H and O–H groups in total. The molecule has 7 nitrogen and oxygen atoms in total. The van der Waals surface area contributed by atoms with E-state index in [0.29, 0.717) is 12.2 Å². The number of halogens is 3. The van der Waals surface area contributed by atoms with Gasteiger partial charge < -0.3 is 23.7 Å². The number of hydrogen-bond acceptors (Lipinski definition) is 7. The molecule has 1 aliphatic rings. The fourth-order valence-electron chi connectivity index (χ4n) is 3.86. The average Bonchev–Trinajstić information content (AvgIpc) is 2.78. The topological polar surface area (TPSA) is 80.3 Å². The van der Waals surface area contributed by atoms with E-state index in [2.05, 4.69) is 0 Å². The molecular weight excluding hydrogens is 469 g/mol. The first-order valence-electron chi connectivity index (χ1n) is 11.0. The molecule has 1 heterocycles. The minimum Gasteiger partial charge on any atom is -0.487 e. The fourth-order valence-corrected chi connectivity index (χ4v) is 3.86. The summed E-state index contributed by atoms with van der Waals surface area (Å²) in [7, 11) is 0.761. The highest BCUT2D eigenvalue weighted by atomic mass is 19.4. The van der Waals surface area contributed by atoms with Crippen molar-refractivity contribution in [1.82, 2.24) is 0 Å². The summed E-state index contributed by atoms with van der Waals surface area (Å²) in [4.78, 5) is 26.0. The third-order valence-electron chi connectivity index (χ3n) is 5.54. The van der Waals surface area contributed by atoms with Gasteiger partial charge in [-0.25, -0.2) is 9.59 Å². The van der Waals surface area contributed by atoms with Gasteiger partial charge in [-0.2, -0.15) is 13.2 Å². The summed E-state index contributed by atoms with van der Waals surface area (Å²) in [5, 5.41) is 0. The number of para-hydroxylation sites is 2. The van der Waals surface area contributed by atoms with E-state index in [9.17, 15) is 22.8 Å². The number of alkyl halides is 3. The number of benzene rings is 2. The molecule has 3 rings (SSSR count). The van der Waals surface area contributed by atoms with Crippen molar-refractivity contribution in [3.05, 3.63) is 60.2 Å². The van der Waals surface area contributed by atoms with Crippen LogP contribution in [0.3, 0.4) is 0 Å². The highest BCUT2D eigenvalue weighted by molar-refractivity contribution is 5.84. The second-order valence-electron chi connectivity index (χ2n) is 8.26. The van der Waals surface area contributed by atoms with E-state index < -0.39 is 47.6 Å². The Kier molecular flexibility index (Phi) is 7.94. The quantitative estimate of drug-likeness (QED) is 0.561. The number of methoxy groups -OCH3 is 1. The van der Waals surface area contributed by atoms with E-state index in [1.54, 1.807) is 32.0 Å². The average molecular weight is 496 g/mol.